The summed E-state index contributed by atoms with van der Waals surface area (Å²) in [5, 5.41) is 3.46. The van der Waals surface area contributed by atoms with Crippen molar-refractivity contribution >= 4 is 5.82 Å². The van der Waals surface area contributed by atoms with E-state index in [1.54, 1.807) is 7.11 Å². The summed E-state index contributed by atoms with van der Waals surface area (Å²) in [6.07, 6.45) is 4.30. The quantitative estimate of drug-likeness (QED) is 0.861. The van der Waals surface area contributed by atoms with E-state index in [4.69, 9.17) is 4.74 Å². The first-order chi connectivity index (χ1) is 9.69. The molecule has 1 aromatic rings. The second-order valence-corrected chi connectivity index (χ2v) is 5.60. The number of nitrogens with zero attached hydrogens (tertiary/aromatic N) is 3. The summed E-state index contributed by atoms with van der Waals surface area (Å²) in [4.78, 5) is 11.3. The fourth-order valence-electron chi connectivity index (χ4n) is 2.58. The highest BCUT2D eigenvalue weighted by Gasteiger charge is 2.19. The molecule has 0 unspecified atom stereocenters. The lowest BCUT2D eigenvalue weighted by Gasteiger charge is -2.31. The van der Waals surface area contributed by atoms with E-state index in [1.165, 1.54) is 25.9 Å². The van der Waals surface area contributed by atoms with Gasteiger partial charge in [0.25, 0.3) is 0 Å². The first-order valence-corrected chi connectivity index (χ1v) is 7.44. The van der Waals surface area contributed by atoms with E-state index in [0.717, 1.165) is 42.8 Å². The van der Waals surface area contributed by atoms with E-state index >= 15 is 0 Å². The van der Waals surface area contributed by atoms with E-state index in [0.29, 0.717) is 0 Å². The Morgan fingerprint density at radius 3 is 2.80 bits per heavy atom. The van der Waals surface area contributed by atoms with E-state index in [-0.39, 0.29) is 0 Å². The number of nitrogens with one attached hydrogen (secondary N) is 1. The van der Waals surface area contributed by atoms with Crippen LogP contribution in [-0.4, -0.2) is 54.8 Å². The van der Waals surface area contributed by atoms with E-state index in [2.05, 4.69) is 20.2 Å². The maximum absolute atomic E-state index is 5.13. The molecule has 0 radical (unpaired) electrons. The maximum Gasteiger partial charge on any atom is 0.147 e. The smallest absolute Gasteiger partial charge is 0.147 e. The van der Waals surface area contributed by atoms with Crippen LogP contribution >= 0.6 is 0 Å². The van der Waals surface area contributed by atoms with E-state index < -0.39 is 0 Å². The van der Waals surface area contributed by atoms with Gasteiger partial charge in [-0.3, -0.25) is 4.98 Å². The molecule has 0 aromatic carbocycles. The van der Waals surface area contributed by atoms with Crippen LogP contribution < -0.4 is 5.32 Å². The van der Waals surface area contributed by atoms with Crippen LogP contribution in [0, 0.1) is 19.8 Å². The minimum atomic E-state index is 0.732. The summed E-state index contributed by atoms with van der Waals surface area (Å²) in [5.74, 6) is 1.67. The summed E-state index contributed by atoms with van der Waals surface area (Å²) < 4.78 is 5.13. The highest BCUT2D eigenvalue weighted by atomic mass is 16.5. The normalized spacial score (nSPS) is 17.4. The third-order valence-electron chi connectivity index (χ3n) is 3.95. The molecule has 2 rings (SSSR count). The van der Waals surface area contributed by atoms with Crippen molar-refractivity contribution in [3.8, 4) is 0 Å². The first-order valence-electron chi connectivity index (χ1n) is 7.44. The highest BCUT2D eigenvalue weighted by molar-refractivity contribution is 5.39. The fourth-order valence-corrected chi connectivity index (χ4v) is 2.58. The minimum absolute atomic E-state index is 0.732. The molecule has 1 fully saturated rings. The molecule has 0 spiro atoms. The number of anilines is 1. The monoisotopic (exact) mass is 278 g/mol. The second-order valence-electron chi connectivity index (χ2n) is 5.60. The van der Waals surface area contributed by atoms with Crippen LogP contribution in [-0.2, 0) is 4.74 Å². The molecule has 2 heterocycles. The van der Waals surface area contributed by atoms with Gasteiger partial charge in [0.15, 0.2) is 0 Å². The van der Waals surface area contributed by atoms with Gasteiger partial charge in [-0.1, -0.05) is 0 Å². The van der Waals surface area contributed by atoms with Gasteiger partial charge in [0, 0.05) is 26.4 Å². The molecule has 0 aliphatic carbocycles. The topological polar surface area (TPSA) is 50.3 Å². The predicted molar refractivity (Wildman–Crippen MR) is 81.0 cm³/mol. The molecule has 0 bridgehead atoms. The second kappa shape index (κ2) is 7.55. The molecule has 0 amide bonds. The molecular weight excluding hydrogens is 252 g/mol. The Hall–Kier alpha value is -1.20. The third kappa shape index (κ3) is 4.42. The lowest BCUT2D eigenvalue weighted by molar-refractivity contribution is 0.122. The Bertz CT molecular complexity index is 416. The summed E-state index contributed by atoms with van der Waals surface area (Å²) >= 11 is 0. The number of aryl methyl sites for hydroxylation is 2. The van der Waals surface area contributed by atoms with Gasteiger partial charge >= 0.3 is 0 Å². The standard InChI is InChI=1S/C15H26N4O/c1-12-10-16-13(2)15(18-12)17-11-14-4-6-19(7-5-14)8-9-20-3/h10,14H,4-9,11H2,1-3H3,(H,17,18). The summed E-state index contributed by atoms with van der Waals surface area (Å²) in [5.41, 5.74) is 1.95. The van der Waals surface area contributed by atoms with Crippen LogP contribution in [0.2, 0.25) is 0 Å². The molecule has 1 aliphatic rings. The van der Waals surface area contributed by atoms with Gasteiger partial charge in [0.05, 0.1) is 18.0 Å². The van der Waals surface area contributed by atoms with Crippen molar-refractivity contribution in [3.05, 3.63) is 17.6 Å². The molecule has 0 atom stereocenters. The number of ether oxygens (including phenoxy) is 1. The highest BCUT2D eigenvalue weighted by Crippen LogP contribution is 2.18. The Balaban J connectivity index is 1.74. The van der Waals surface area contributed by atoms with Crippen molar-refractivity contribution in [1.82, 2.24) is 14.9 Å². The molecule has 1 saturated heterocycles. The summed E-state index contributed by atoms with van der Waals surface area (Å²) in [6.45, 7) is 9.22. The first kappa shape index (κ1) is 15.2. The molecule has 5 nitrogen and oxygen atoms in total. The zero-order valence-corrected chi connectivity index (χ0v) is 12.9. The van der Waals surface area contributed by atoms with Crippen molar-refractivity contribution in [1.29, 1.82) is 0 Å². The van der Waals surface area contributed by atoms with Gasteiger partial charge in [-0.25, -0.2) is 4.98 Å². The van der Waals surface area contributed by atoms with Gasteiger partial charge in [-0.2, -0.15) is 0 Å². The average Bonchev–Trinajstić information content (AvgIpc) is 2.47. The van der Waals surface area contributed by atoms with Crippen molar-refractivity contribution in [2.24, 2.45) is 5.92 Å². The van der Waals surface area contributed by atoms with Crippen LogP contribution in [0.1, 0.15) is 24.2 Å². The van der Waals surface area contributed by atoms with Crippen LogP contribution in [0.3, 0.4) is 0 Å². The number of piperidine rings is 1. The van der Waals surface area contributed by atoms with Crippen molar-refractivity contribution in [2.75, 3.05) is 45.2 Å². The molecule has 112 valence electrons. The predicted octanol–water partition coefficient (Wildman–Crippen LogP) is 1.86. The van der Waals surface area contributed by atoms with Gasteiger partial charge in [-0.15, -0.1) is 0 Å². The van der Waals surface area contributed by atoms with Gasteiger partial charge in [-0.05, 0) is 45.7 Å². The molecule has 1 aromatic heterocycles. The molecule has 0 saturated carbocycles. The van der Waals surface area contributed by atoms with Crippen LogP contribution in [0.4, 0.5) is 5.82 Å². The number of hydrogen-bond donors (Lipinski definition) is 1. The van der Waals surface area contributed by atoms with Crippen molar-refractivity contribution in [3.63, 3.8) is 0 Å². The van der Waals surface area contributed by atoms with Crippen LogP contribution in [0.25, 0.3) is 0 Å². The Kier molecular flexibility index (Phi) is 5.73. The SMILES string of the molecule is COCCN1CCC(CNc2nc(C)cnc2C)CC1. The number of aromatic nitrogens is 2. The van der Waals surface area contributed by atoms with Crippen molar-refractivity contribution < 1.29 is 4.74 Å². The van der Waals surface area contributed by atoms with Crippen molar-refractivity contribution in [2.45, 2.75) is 26.7 Å². The maximum atomic E-state index is 5.13. The largest absolute Gasteiger partial charge is 0.383 e. The molecular formula is C15H26N4O. The van der Waals surface area contributed by atoms with Gasteiger partial charge < -0.3 is 15.0 Å². The fraction of sp³-hybridized carbons (Fsp3) is 0.733. The number of hydrogen-bond acceptors (Lipinski definition) is 5. The molecule has 1 N–H and O–H groups in total. The summed E-state index contributed by atoms with van der Waals surface area (Å²) in [6, 6.07) is 0. The Labute approximate surface area is 121 Å². The average molecular weight is 278 g/mol. The van der Waals surface area contributed by atoms with Gasteiger partial charge in [0.1, 0.15) is 5.82 Å². The van der Waals surface area contributed by atoms with Gasteiger partial charge in [0.2, 0.25) is 0 Å². The lowest BCUT2D eigenvalue weighted by Crippen LogP contribution is -2.37. The van der Waals surface area contributed by atoms with Crippen LogP contribution in [0.15, 0.2) is 6.20 Å². The van der Waals surface area contributed by atoms with Crippen LogP contribution in [0.5, 0.6) is 0 Å². The number of rotatable bonds is 6. The number of likely N-dealkylation sites (tertiary alicyclic amines) is 1. The zero-order chi connectivity index (χ0) is 14.4. The van der Waals surface area contributed by atoms with E-state index in [9.17, 15) is 0 Å². The third-order valence-corrected chi connectivity index (χ3v) is 3.95. The molecule has 5 heteroatoms. The minimum Gasteiger partial charge on any atom is -0.383 e. The Morgan fingerprint density at radius 1 is 1.35 bits per heavy atom. The van der Waals surface area contributed by atoms with E-state index in [1.807, 2.05) is 20.0 Å². The Morgan fingerprint density at radius 2 is 2.10 bits per heavy atom. The summed E-state index contributed by atoms with van der Waals surface area (Å²) in [7, 11) is 1.77. The number of methoxy groups -OCH3 is 1. The molecule has 1 aliphatic heterocycles. The zero-order valence-electron chi connectivity index (χ0n) is 12.9. The lowest BCUT2D eigenvalue weighted by atomic mass is 9.97. The molecule has 20 heavy (non-hydrogen) atoms.